The van der Waals surface area contributed by atoms with E-state index in [1.807, 2.05) is 0 Å². The van der Waals surface area contributed by atoms with Crippen LogP contribution in [0.2, 0.25) is 0 Å². The van der Waals surface area contributed by atoms with E-state index in [9.17, 15) is 0 Å². The molecule has 0 amide bonds. The van der Waals surface area contributed by atoms with Gasteiger partial charge in [-0.05, 0) is 0 Å². The maximum Gasteiger partial charge on any atom is 0.334 e. The van der Waals surface area contributed by atoms with Crippen LogP contribution in [-0.2, 0) is 14.2 Å². The first-order valence-electron chi connectivity index (χ1n) is 2.69. The van der Waals surface area contributed by atoms with E-state index in [-0.39, 0.29) is 12.4 Å². The molecule has 0 fully saturated rings. The summed E-state index contributed by atoms with van der Waals surface area (Å²) in [5.74, 6) is -0.944. The van der Waals surface area contributed by atoms with E-state index >= 15 is 0 Å². The van der Waals surface area contributed by atoms with Crippen LogP contribution in [0.3, 0.4) is 0 Å². The van der Waals surface area contributed by atoms with Gasteiger partial charge in [-0.25, -0.2) is 0 Å². The zero-order valence-electron chi connectivity index (χ0n) is 6.52. The van der Waals surface area contributed by atoms with Gasteiger partial charge in [0.1, 0.15) is 0 Å². The van der Waals surface area contributed by atoms with E-state index in [2.05, 4.69) is 5.73 Å². The highest BCUT2D eigenvalue weighted by Gasteiger charge is 2.29. The van der Waals surface area contributed by atoms with E-state index in [0.717, 1.165) is 0 Å². The maximum atomic E-state index is 4.88. The fourth-order valence-corrected chi connectivity index (χ4v) is 0.556. The van der Waals surface area contributed by atoms with Crippen LogP contribution in [0.15, 0.2) is 0 Å². The summed E-state index contributed by atoms with van der Waals surface area (Å²) < 4.78 is 14.6. The molecule has 0 atom stereocenters. The highest BCUT2D eigenvalue weighted by molar-refractivity contribution is 4.47. The average Bonchev–Trinajstić information content (AvgIpc) is 1.95. The minimum Gasteiger partial charge on any atom is -1.00 e. The Morgan fingerprint density at radius 3 is 1.40 bits per heavy atom. The van der Waals surface area contributed by atoms with Crippen LogP contribution in [0.4, 0.5) is 0 Å². The minimum absolute atomic E-state index is 0. The summed E-state index contributed by atoms with van der Waals surface area (Å²) >= 11 is 0. The first-order valence-corrected chi connectivity index (χ1v) is 2.69. The van der Waals surface area contributed by atoms with Crippen molar-refractivity contribution in [2.24, 2.45) is 0 Å². The Hall–Kier alpha value is 0.130. The fourth-order valence-electron chi connectivity index (χ4n) is 0.556. The molecule has 0 spiro atoms. The van der Waals surface area contributed by atoms with Gasteiger partial charge in [0.05, 0.1) is 0 Å². The molecule has 0 aromatic heterocycles. The van der Waals surface area contributed by atoms with Crippen molar-refractivity contribution in [3.8, 4) is 0 Å². The molecule has 0 rings (SSSR count). The van der Waals surface area contributed by atoms with Crippen LogP contribution in [-0.4, -0.2) is 33.8 Å². The third kappa shape index (κ3) is 2.81. The van der Waals surface area contributed by atoms with E-state index in [0.29, 0.717) is 6.54 Å². The lowest BCUT2D eigenvalue weighted by Crippen LogP contribution is -3.00. The van der Waals surface area contributed by atoms with E-state index < -0.39 is 5.97 Å². The van der Waals surface area contributed by atoms with E-state index in [1.54, 1.807) is 0 Å². The zero-order chi connectivity index (χ0) is 7.33. The number of hydrogen-bond donors (Lipinski definition) is 1. The molecule has 0 unspecified atom stereocenters. The third-order valence-corrected chi connectivity index (χ3v) is 1.24. The van der Waals surface area contributed by atoms with Gasteiger partial charge in [-0.3, -0.25) is 0 Å². The summed E-state index contributed by atoms with van der Waals surface area (Å²) in [5, 5.41) is 0. The fraction of sp³-hybridized carbons (Fsp3) is 1.00. The molecule has 0 saturated carbocycles. The summed E-state index contributed by atoms with van der Waals surface area (Å²) in [6, 6.07) is 0. The van der Waals surface area contributed by atoms with Crippen LogP contribution < -0.4 is 18.1 Å². The Morgan fingerprint density at radius 1 is 1.10 bits per heavy atom. The summed E-state index contributed by atoms with van der Waals surface area (Å²) in [6.45, 7) is 0.427. The smallest absolute Gasteiger partial charge is 0.334 e. The van der Waals surface area contributed by atoms with Gasteiger partial charge in [-0.15, -0.1) is 0 Å². The van der Waals surface area contributed by atoms with Gasteiger partial charge in [0.15, 0.2) is 6.54 Å². The molecule has 10 heavy (non-hydrogen) atoms. The second-order valence-corrected chi connectivity index (χ2v) is 1.55. The van der Waals surface area contributed by atoms with Gasteiger partial charge in [-0.1, -0.05) is 0 Å². The SMILES string of the molecule is COC(C[NH3+])(OC)OC.[Cl-]. The topological polar surface area (TPSA) is 55.3 Å². The van der Waals surface area contributed by atoms with Crippen molar-refractivity contribution in [2.45, 2.75) is 5.97 Å². The van der Waals surface area contributed by atoms with Gasteiger partial charge < -0.3 is 32.4 Å². The van der Waals surface area contributed by atoms with Gasteiger partial charge in [-0.2, -0.15) is 0 Å². The molecule has 0 bridgehead atoms. The number of quaternary nitrogens is 1. The highest BCUT2D eigenvalue weighted by Crippen LogP contribution is 2.07. The Kier molecular flexibility index (Phi) is 7.51. The van der Waals surface area contributed by atoms with Gasteiger partial charge in [0.25, 0.3) is 0 Å². The molecule has 0 aliphatic heterocycles. The van der Waals surface area contributed by atoms with Crippen molar-refractivity contribution in [1.82, 2.24) is 0 Å². The van der Waals surface area contributed by atoms with Crippen molar-refractivity contribution in [3.05, 3.63) is 0 Å². The molecule has 5 heteroatoms. The van der Waals surface area contributed by atoms with Crippen molar-refractivity contribution in [3.63, 3.8) is 0 Å². The molecule has 0 aliphatic rings. The van der Waals surface area contributed by atoms with Gasteiger partial charge in [0, 0.05) is 21.3 Å². The van der Waals surface area contributed by atoms with Gasteiger partial charge >= 0.3 is 5.97 Å². The first-order chi connectivity index (χ1) is 4.24. The van der Waals surface area contributed by atoms with Crippen molar-refractivity contribution in [1.29, 1.82) is 0 Å². The highest BCUT2D eigenvalue weighted by atomic mass is 35.5. The Morgan fingerprint density at radius 2 is 1.40 bits per heavy atom. The molecule has 0 saturated heterocycles. The van der Waals surface area contributed by atoms with Crippen LogP contribution in [0.25, 0.3) is 0 Å². The second kappa shape index (κ2) is 5.88. The predicted molar refractivity (Wildman–Crippen MR) is 31.5 cm³/mol. The molecule has 3 N–H and O–H groups in total. The second-order valence-electron chi connectivity index (χ2n) is 1.55. The van der Waals surface area contributed by atoms with Crippen molar-refractivity contribution in [2.75, 3.05) is 27.9 Å². The molecule has 0 aliphatic carbocycles. The molecular weight excluding hydrogens is 158 g/mol. The van der Waals surface area contributed by atoms with Crippen molar-refractivity contribution < 1.29 is 32.4 Å². The lowest BCUT2D eigenvalue weighted by molar-refractivity contribution is -0.486. The summed E-state index contributed by atoms with van der Waals surface area (Å²) in [4.78, 5) is 0. The quantitative estimate of drug-likeness (QED) is 0.437. The zero-order valence-corrected chi connectivity index (χ0v) is 7.27. The molecule has 0 aromatic carbocycles. The van der Waals surface area contributed by atoms with Crippen LogP contribution in [0.5, 0.6) is 0 Å². The van der Waals surface area contributed by atoms with Gasteiger partial charge in [0.2, 0.25) is 0 Å². The summed E-state index contributed by atoms with van der Waals surface area (Å²) in [7, 11) is 4.54. The first kappa shape index (κ1) is 12.8. The van der Waals surface area contributed by atoms with Crippen LogP contribution in [0, 0.1) is 0 Å². The third-order valence-electron chi connectivity index (χ3n) is 1.24. The minimum atomic E-state index is -0.944. The Bertz CT molecular complexity index is 59.8. The molecule has 4 nitrogen and oxygen atoms in total. The number of halogens is 1. The molecule has 0 aromatic rings. The number of hydrogen-bond acceptors (Lipinski definition) is 3. The lowest BCUT2D eigenvalue weighted by Gasteiger charge is -2.24. The lowest BCUT2D eigenvalue weighted by atomic mass is 10.5. The Balaban J connectivity index is 0. The number of methoxy groups -OCH3 is 3. The maximum absolute atomic E-state index is 4.88. The van der Waals surface area contributed by atoms with E-state index in [4.69, 9.17) is 14.2 Å². The van der Waals surface area contributed by atoms with Crippen molar-refractivity contribution >= 4 is 0 Å². The largest absolute Gasteiger partial charge is 1.00 e. The monoisotopic (exact) mass is 171 g/mol. The molecule has 0 radical (unpaired) electrons. The summed E-state index contributed by atoms with van der Waals surface area (Å²) in [6.07, 6.45) is 0. The molecule has 64 valence electrons. The number of ether oxygens (including phenoxy) is 3. The summed E-state index contributed by atoms with van der Waals surface area (Å²) in [5.41, 5.74) is 3.60. The molecule has 0 heterocycles. The average molecular weight is 172 g/mol. The van der Waals surface area contributed by atoms with Crippen LogP contribution >= 0.6 is 0 Å². The standard InChI is InChI=1S/C5H13NO3.ClH/c1-7-5(4-6,8-2)9-3;/h4,6H2,1-3H3;1H. The molecular formula is C5H14ClNO3. The normalized spacial score (nSPS) is 10.8. The van der Waals surface area contributed by atoms with E-state index in [1.165, 1.54) is 21.3 Å². The predicted octanol–water partition coefficient (Wildman–Crippen LogP) is -4.17. The van der Waals surface area contributed by atoms with Crippen LogP contribution in [0.1, 0.15) is 0 Å². The Labute approximate surface area is 67.0 Å². The number of rotatable bonds is 4.